The van der Waals surface area contributed by atoms with Crippen LogP contribution < -0.4 is 0 Å². The Morgan fingerprint density at radius 3 is 2.76 bits per heavy atom. The smallest absolute Gasteiger partial charge is 0.323 e. The third kappa shape index (κ3) is 2.88. The molecular weight excluding hydrogens is 293 g/mol. The van der Waals surface area contributed by atoms with Crippen molar-refractivity contribution in [2.75, 3.05) is 13.1 Å². The van der Waals surface area contributed by atoms with Crippen LogP contribution in [-0.4, -0.2) is 35.0 Å². The van der Waals surface area contributed by atoms with Crippen molar-refractivity contribution in [1.29, 1.82) is 0 Å². The van der Waals surface area contributed by atoms with Gasteiger partial charge < -0.3 is 10.0 Å². The summed E-state index contributed by atoms with van der Waals surface area (Å²) in [6.07, 6.45) is 5.16. The van der Waals surface area contributed by atoms with Gasteiger partial charge in [-0.1, -0.05) is 12.0 Å². The second-order valence-electron chi connectivity index (χ2n) is 4.43. The molecule has 0 unspecified atom stereocenters. The number of carbonyl (C=O) groups is 2. The fourth-order valence-electron chi connectivity index (χ4n) is 2.07. The molecule has 108 valence electrons. The topological polar surface area (TPSA) is 57.6 Å². The van der Waals surface area contributed by atoms with E-state index in [0.717, 1.165) is 16.2 Å². The predicted octanol–water partition coefficient (Wildman–Crippen LogP) is 2.51. The van der Waals surface area contributed by atoms with Gasteiger partial charge in [0, 0.05) is 10.1 Å². The number of benzene rings is 1. The number of fused-ring (bicyclic) bond motifs is 1. The number of amides is 1. The number of carboxylic acid groups (broad SMARTS) is 1. The van der Waals surface area contributed by atoms with Gasteiger partial charge >= 0.3 is 5.97 Å². The minimum Gasteiger partial charge on any atom is -0.480 e. The maximum atomic E-state index is 13.8. The van der Waals surface area contributed by atoms with E-state index in [0.29, 0.717) is 20.5 Å². The summed E-state index contributed by atoms with van der Waals surface area (Å²) >= 11 is 1.13. The Morgan fingerprint density at radius 2 is 2.19 bits per heavy atom. The van der Waals surface area contributed by atoms with E-state index < -0.39 is 24.2 Å². The highest BCUT2D eigenvalue weighted by Gasteiger charge is 2.23. The zero-order valence-electron chi connectivity index (χ0n) is 11.2. The van der Waals surface area contributed by atoms with E-state index in [1.807, 2.05) is 0 Å². The molecule has 1 aromatic heterocycles. The summed E-state index contributed by atoms with van der Waals surface area (Å²) in [4.78, 5) is 24.6. The number of nitrogens with zero attached hydrogens (tertiary/aromatic N) is 1. The number of carboxylic acids is 1. The predicted molar refractivity (Wildman–Crippen MR) is 78.9 cm³/mol. The summed E-state index contributed by atoms with van der Waals surface area (Å²) in [5.41, 5.74) is 0.505. The highest BCUT2D eigenvalue weighted by molar-refractivity contribution is 7.21. The van der Waals surface area contributed by atoms with Crippen LogP contribution in [0.25, 0.3) is 10.1 Å². The molecule has 0 fully saturated rings. The molecule has 0 saturated heterocycles. The quantitative estimate of drug-likeness (QED) is 0.883. The van der Waals surface area contributed by atoms with Crippen LogP contribution >= 0.6 is 11.3 Å². The summed E-state index contributed by atoms with van der Waals surface area (Å²) < 4.78 is 14.5. The summed E-state index contributed by atoms with van der Waals surface area (Å²) in [6.45, 7) is 1.05. The van der Waals surface area contributed by atoms with Crippen LogP contribution in [0, 0.1) is 25.1 Å². The lowest BCUT2D eigenvalue weighted by atomic mass is 10.1. The Labute approximate surface area is 124 Å². The first kappa shape index (κ1) is 15.0. The minimum absolute atomic E-state index is 0.110. The highest BCUT2D eigenvalue weighted by Crippen LogP contribution is 2.33. The number of thiophene rings is 1. The molecule has 0 aliphatic carbocycles. The van der Waals surface area contributed by atoms with Gasteiger partial charge in [0.25, 0.3) is 5.91 Å². The number of hydrogen-bond acceptors (Lipinski definition) is 3. The fraction of sp³-hybridized carbons (Fsp3) is 0.200. The second kappa shape index (κ2) is 5.94. The zero-order chi connectivity index (χ0) is 15.6. The van der Waals surface area contributed by atoms with Crippen LogP contribution in [-0.2, 0) is 4.79 Å². The summed E-state index contributed by atoms with van der Waals surface area (Å²) in [7, 11) is 0. The van der Waals surface area contributed by atoms with E-state index in [1.54, 1.807) is 19.1 Å². The monoisotopic (exact) mass is 305 g/mol. The molecule has 1 amide bonds. The molecular formula is C15H12FNO3S. The zero-order valence-corrected chi connectivity index (χ0v) is 12.0. The average Bonchev–Trinajstić information content (AvgIpc) is 2.76. The Kier molecular flexibility index (Phi) is 4.24. The molecule has 2 aromatic rings. The molecule has 0 radical (unpaired) electrons. The lowest BCUT2D eigenvalue weighted by Gasteiger charge is -2.17. The van der Waals surface area contributed by atoms with Gasteiger partial charge in [0.15, 0.2) is 0 Å². The molecule has 21 heavy (non-hydrogen) atoms. The third-order valence-electron chi connectivity index (χ3n) is 2.99. The normalized spacial score (nSPS) is 10.3. The largest absolute Gasteiger partial charge is 0.480 e. The van der Waals surface area contributed by atoms with Gasteiger partial charge in [0.05, 0.1) is 11.4 Å². The number of aryl methyl sites for hydroxylation is 1. The number of carbonyl (C=O) groups excluding carboxylic acids is 1. The number of hydrogen-bond donors (Lipinski definition) is 1. The van der Waals surface area contributed by atoms with E-state index in [9.17, 15) is 14.0 Å². The van der Waals surface area contributed by atoms with Crippen LogP contribution in [0.5, 0.6) is 0 Å². The van der Waals surface area contributed by atoms with Crippen molar-refractivity contribution in [1.82, 2.24) is 4.90 Å². The van der Waals surface area contributed by atoms with E-state index in [4.69, 9.17) is 11.5 Å². The van der Waals surface area contributed by atoms with Crippen molar-refractivity contribution in [2.24, 2.45) is 0 Å². The first-order valence-electron chi connectivity index (χ1n) is 6.07. The molecule has 0 aliphatic heterocycles. The first-order valence-corrected chi connectivity index (χ1v) is 6.89. The molecule has 0 bridgehead atoms. The Balaban J connectivity index is 2.47. The highest BCUT2D eigenvalue weighted by atomic mass is 32.1. The lowest BCUT2D eigenvalue weighted by molar-refractivity contribution is -0.137. The molecule has 0 spiro atoms. The average molecular weight is 305 g/mol. The van der Waals surface area contributed by atoms with Gasteiger partial charge in [0.1, 0.15) is 12.4 Å². The van der Waals surface area contributed by atoms with Gasteiger partial charge in [-0.15, -0.1) is 17.8 Å². The Bertz CT molecular complexity index is 760. The van der Waals surface area contributed by atoms with Crippen LogP contribution in [0.2, 0.25) is 0 Å². The number of terminal acetylenes is 1. The van der Waals surface area contributed by atoms with E-state index in [-0.39, 0.29) is 6.54 Å². The van der Waals surface area contributed by atoms with Gasteiger partial charge in [-0.3, -0.25) is 9.59 Å². The lowest BCUT2D eigenvalue weighted by Crippen LogP contribution is -2.35. The van der Waals surface area contributed by atoms with Crippen LogP contribution in [0.1, 0.15) is 15.2 Å². The molecule has 0 saturated carbocycles. The molecule has 1 aromatic carbocycles. The summed E-state index contributed by atoms with van der Waals surface area (Å²) in [5, 5.41) is 9.23. The number of halogens is 1. The van der Waals surface area contributed by atoms with E-state index in [2.05, 4.69) is 5.92 Å². The minimum atomic E-state index is -1.15. The third-order valence-corrected chi connectivity index (χ3v) is 4.24. The summed E-state index contributed by atoms with van der Waals surface area (Å²) in [6, 6.07) is 4.61. The molecule has 0 atom stereocenters. The molecule has 2 rings (SSSR count). The van der Waals surface area contributed by atoms with Crippen molar-refractivity contribution in [3.8, 4) is 12.3 Å². The SMILES string of the molecule is C#CCN(CC(=O)O)C(=O)c1sc2cccc(F)c2c1C. The Morgan fingerprint density at radius 1 is 1.48 bits per heavy atom. The summed E-state index contributed by atoms with van der Waals surface area (Å²) in [5.74, 6) is 0.218. The maximum Gasteiger partial charge on any atom is 0.323 e. The molecule has 1 heterocycles. The van der Waals surface area contributed by atoms with Crippen LogP contribution in [0.15, 0.2) is 18.2 Å². The maximum absolute atomic E-state index is 13.8. The van der Waals surface area contributed by atoms with Crippen molar-refractivity contribution >= 4 is 33.3 Å². The standard InChI is InChI=1S/C15H12FNO3S/c1-3-7-17(8-12(18)19)15(20)14-9(2)13-10(16)5-4-6-11(13)21-14/h1,4-6H,7-8H2,2H3,(H,18,19). The molecule has 1 N–H and O–H groups in total. The van der Waals surface area contributed by atoms with Crippen LogP contribution in [0.3, 0.4) is 0 Å². The van der Waals surface area contributed by atoms with E-state index >= 15 is 0 Å². The Hall–Kier alpha value is -2.39. The van der Waals surface area contributed by atoms with Crippen molar-refractivity contribution in [3.63, 3.8) is 0 Å². The molecule has 0 aliphatic rings. The fourth-order valence-corrected chi connectivity index (χ4v) is 3.26. The number of rotatable bonds is 4. The van der Waals surface area contributed by atoms with Crippen molar-refractivity contribution in [2.45, 2.75) is 6.92 Å². The van der Waals surface area contributed by atoms with Crippen molar-refractivity contribution < 1.29 is 19.1 Å². The van der Waals surface area contributed by atoms with Gasteiger partial charge in [-0.2, -0.15) is 0 Å². The first-order chi connectivity index (χ1) is 9.95. The molecule has 6 heteroatoms. The van der Waals surface area contributed by atoms with Crippen LogP contribution in [0.4, 0.5) is 4.39 Å². The van der Waals surface area contributed by atoms with E-state index in [1.165, 1.54) is 6.07 Å². The van der Waals surface area contributed by atoms with Crippen molar-refractivity contribution in [3.05, 3.63) is 34.5 Å². The second-order valence-corrected chi connectivity index (χ2v) is 5.48. The van der Waals surface area contributed by atoms with Gasteiger partial charge in [0.2, 0.25) is 0 Å². The van der Waals surface area contributed by atoms with Gasteiger partial charge in [-0.05, 0) is 24.6 Å². The van der Waals surface area contributed by atoms with Gasteiger partial charge in [-0.25, -0.2) is 4.39 Å². The molecule has 4 nitrogen and oxygen atoms in total. The number of aliphatic carboxylic acids is 1.